The predicted octanol–water partition coefficient (Wildman–Crippen LogP) is 2.62. The number of para-hydroxylation sites is 2. The Bertz CT molecular complexity index is 600. The lowest BCUT2D eigenvalue weighted by Crippen LogP contribution is -2.25. The van der Waals surface area contributed by atoms with E-state index in [9.17, 15) is 4.79 Å². The summed E-state index contributed by atoms with van der Waals surface area (Å²) in [6.45, 7) is 3.38. The first-order chi connectivity index (χ1) is 8.72. The summed E-state index contributed by atoms with van der Waals surface area (Å²) >= 11 is 5.27. The van der Waals surface area contributed by atoms with E-state index in [1.165, 1.54) is 0 Å². The highest BCUT2D eigenvalue weighted by molar-refractivity contribution is 7.71. The lowest BCUT2D eigenvalue weighted by atomic mass is 10.3. The zero-order valence-corrected chi connectivity index (χ0v) is 11.2. The Hall–Kier alpha value is -1.62. The third-order valence-corrected chi connectivity index (χ3v) is 3.14. The Labute approximate surface area is 111 Å². The minimum absolute atomic E-state index is 0.0732. The van der Waals surface area contributed by atoms with Crippen molar-refractivity contribution in [3.05, 3.63) is 29.0 Å². The van der Waals surface area contributed by atoms with Crippen LogP contribution in [0.15, 0.2) is 24.3 Å². The van der Waals surface area contributed by atoms with Crippen LogP contribution in [0.3, 0.4) is 0 Å². The van der Waals surface area contributed by atoms with Gasteiger partial charge in [-0.05, 0) is 30.8 Å². The number of hydrogen-bond donors (Lipinski definition) is 2. The fraction of sp³-hybridized carbons (Fsp3) is 0.385. The molecule has 1 amide bonds. The van der Waals surface area contributed by atoms with E-state index in [1.54, 1.807) is 0 Å². The van der Waals surface area contributed by atoms with Crippen molar-refractivity contribution in [1.82, 2.24) is 14.9 Å². The van der Waals surface area contributed by atoms with Crippen LogP contribution >= 0.6 is 12.2 Å². The molecule has 1 aromatic heterocycles. The molecule has 96 valence electrons. The smallest absolute Gasteiger partial charge is 0.221 e. The Morgan fingerprint density at radius 3 is 3.00 bits per heavy atom. The molecular weight excluding hydrogens is 246 g/mol. The van der Waals surface area contributed by atoms with Gasteiger partial charge >= 0.3 is 0 Å². The van der Waals surface area contributed by atoms with E-state index in [0.29, 0.717) is 17.7 Å². The maximum Gasteiger partial charge on any atom is 0.221 e. The first kappa shape index (κ1) is 12.8. The minimum Gasteiger partial charge on any atom is -0.356 e. The van der Waals surface area contributed by atoms with Crippen molar-refractivity contribution in [3.63, 3.8) is 0 Å². The van der Waals surface area contributed by atoms with E-state index < -0.39 is 0 Å². The average Bonchev–Trinajstić information content (AvgIpc) is 2.69. The summed E-state index contributed by atoms with van der Waals surface area (Å²) < 4.78 is 2.63. The van der Waals surface area contributed by atoms with Crippen LogP contribution in [-0.4, -0.2) is 22.0 Å². The number of amides is 1. The van der Waals surface area contributed by atoms with Crippen LogP contribution in [0, 0.1) is 4.77 Å². The molecular formula is C13H17N3OS. The van der Waals surface area contributed by atoms with Crippen molar-refractivity contribution in [2.45, 2.75) is 26.3 Å². The lowest BCUT2D eigenvalue weighted by Gasteiger charge is -2.05. The number of hydrogen-bond acceptors (Lipinski definition) is 2. The third-order valence-electron chi connectivity index (χ3n) is 2.82. The summed E-state index contributed by atoms with van der Waals surface area (Å²) in [7, 11) is 0. The highest BCUT2D eigenvalue weighted by Gasteiger charge is 2.06. The molecule has 1 heterocycles. The standard InChI is InChI=1S/C13H17N3OS/c1-2-8-14-12(17)7-9-16-11-6-4-3-5-10(11)15-13(16)18/h3-6H,2,7-9H2,1H3,(H,14,17)(H,15,18). The molecule has 2 N–H and O–H groups in total. The second kappa shape index (κ2) is 5.82. The van der Waals surface area contributed by atoms with Crippen molar-refractivity contribution < 1.29 is 4.79 Å². The Morgan fingerprint density at radius 1 is 1.44 bits per heavy atom. The normalized spacial score (nSPS) is 10.7. The molecule has 2 aromatic rings. The lowest BCUT2D eigenvalue weighted by molar-refractivity contribution is -0.121. The van der Waals surface area contributed by atoms with E-state index in [-0.39, 0.29) is 5.91 Å². The van der Waals surface area contributed by atoms with Gasteiger partial charge in [0.25, 0.3) is 0 Å². The highest BCUT2D eigenvalue weighted by atomic mass is 32.1. The van der Waals surface area contributed by atoms with Crippen LogP contribution in [0.25, 0.3) is 11.0 Å². The fourth-order valence-corrected chi connectivity index (χ4v) is 2.19. The number of aromatic nitrogens is 2. The molecule has 0 bridgehead atoms. The van der Waals surface area contributed by atoms with Gasteiger partial charge < -0.3 is 14.9 Å². The van der Waals surface area contributed by atoms with Crippen molar-refractivity contribution in [2.24, 2.45) is 0 Å². The van der Waals surface area contributed by atoms with Gasteiger partial charge in [-0.2, -0.15) is 0 Å². The third kappa shape index (κ3) is 2.79. The van der Waals surface area contributed by atoms with E-state index in [0.717, 1.165) is 24.0 Å². The van der Waals surface area contributed by atoms with E-state index in [1.807, 2.05) is 35.8 Å². The first-order valence-electron chi connectivity index (χ1n) is 6.16. The number of benzene rings is 1. The topological polar surface area (TPSA) is 49.8 Å². The zero-order chi connectivity index (χ0) is 13.0. The Balaban J connectivity index is 2.10. The summed E-state index contributed by atoms with van der Waals surface area (Å²) in [4.78, 5) is 14.7. The van der Waals surface area contributed by atoms with Crippen LogP contribution in [0.5, 0.6) is 0 Å². The van der Waals surface area contributed by atoms with Crippen LogP contribution < -0.4 is 5.32 Å². The molecule has 0 atom stereocenters. The average molecular weight is 263 g/mol. The molecule has 0 radical (unpaired) electrons. The van der Waals surface area contributed by atoms with Crippen molar-refractivity contribution in [3.8, 4) is 0 Å². The SMILES string of the molecule is CCCNC(=O)CCn1c(=S)[nH]c2ccccc21. The van der Waals surface area contributed by atoms with E-state index >= 15 is 0 Å². The number of fused-ring (bicyclic) bond motifs is 1. The molecule has 1 aromatic carbocycles. The van der Waals surface area contributed by atoms with Gasteiger partial charge in [0.15, 0.2) is 4.77 Å². The Morgan fingerprint density at radius 2 is 2.22 bits per heavy atom. The first-order valence-corrected chi connectivity index (χ1v) is 6.57. The second-order valence-corrected chi connectivity index (χ2v) is 4.59. The molecule has 5 heteroatoms. The molecule has 0 saturated heterocycles. The summed E-state index contributed by atoms with van der Waals surface area (Å²) in [6, 6.07) is 7.93. The number of rotatable bonds is 5. The number of H-pyrrole nitrogens is 1. The van der Waals surface area contributed by atoms with Gasteiger partial charge in [0.1, 0.15) is 0 Å². The van der Waals surface area contributed by atoms with Gasteiger partial charge in [0, 0.05) is 19.5 Å². The highest BCUT2D eigenvalue weighted by Crippen LogP contribution is 2.13. The molecule has 0 aliphatic heterocycles. The van der Waals surface area contributed by atoms with Gasteiger partial charge in [0.2, 0.25) is 5.91 Å². The summed E-state index contributed by atoms with van der Waals surface area (Å²) in [5.74, 6) is 0.0732. The van der Waals surface area contributed by atoms with Gasteiger partial charge in [-0.25, -0.2) is 0 Å². The predicted molar refractivity (Wildman–Crippen MR) is 75.0 cm³/mol. The van der Waals surface area contributed by atoms with Gasteiger partial charge in [-0.3, -0.25) is 4.79 Å². The number of imidazole rings is 1. The molecule has 0 unspecified atom stereocenters. The molecule has 2 rings (SSSR count). The van der Waals surface area contributed by atoms with E-state index in [4.69, 9.17) is 12.2 Å². The number of aryl methyl sites for hydroxylation is 1. The summed E-state index contributed by atoms with van der Waals surface area (Å²) in [5, 5.41) is 2.87. The molecule has 0 aliphatic carbocycles. The largest absolute Gasteiger partial charge is 0.356 e. The molecule has 0 aliphatic rings. The van der Waals surface area contributed by atoms with Crippen LogP contribution in [0.2, 0.25) is 0 Å². The van der Waals surface area contributed by atoms with Gasteiger partial charge in [-0.15, -0.1) is 0 Å². The van der Waals surface area contributed by atoms with Crippen molar-refractivity contribution in [2.75, 3.05) is 6.54 Å². The second-order valence-electron chi connectivity index (χ2n) is 4.20. The molecule has 4 nitrogen and oxygen atoms in total. The quantitative estimate of drug-likeness (QED) is 0.815. The molecule has 0 spiro atoms. The maximum absolute atomic E-state index is 11.6. The van der Waals surface area contributed by atoms with Gasteiger partial charge in [-0.1, -0.05) is 19.1 Å². The van der Waals surface area contributed by atoms with Crippen molar-refractivity contribution in [1.29, 1.82) is 0 Å². The monoisotopic (exact) mass is 263 g/mol. The van der Waals surface area contributed by atoms with Crippen molar-refractivity contribution >= 4 is 29.2 Å². The molecule has 18 heavy (non-hydrogen) atoms. The Kier molecular flexibility index (Phi) is 4.15. The number of nitrogens with zero attached hydrogens (tertiary/aromatic N) is 1. The number of carbonyl (C=O) groups is 1. The van der Waals surface area contributed by atoms with Crippen LogP contribution in [0.4, 0.5) is 0 Å². The van der Waals surface area contributed by atoms with Gasteiger partial charge in [0.05, 0.1) is 11.0 Å². The number of aromatic amines is 1. The maximum atomic E-state index is 11.6. The molecule has 0 fully saturated rings. The summed E-state index contributed by atoms with van der Waals surface area (Å²) in [6.07, 6.45) is 1.41. The van der Waals surface area contributed by atoms with Crippen LogP contribution in [0.1, 0.15) is 19.8 Å². The van der Waals surface area contributed by atoms with E-state index in [2.05, 4.69) is 10.3 Å². The zero-order valence-electron chi connectivity index (χ0n) is 10.4. The van der Waals surface area contributed by atoms with Crippen LogP contribution in [-0.2, 0) is 11.3 Å². The number of carbonyl (C=O) groups excluding carboxylic acids is 1. The minimum atomic E-state index is 0.0732. The number of nitrogens with one attached hydrogen (secondary N) is 2. The molecule has 0 saturated carbocycles. The fourth-order valence-electron chi connectivity index (χ4n) is 1.89. The summed E-state index contributed by atoms with van der Waals surface area (Å²) in [5.41, 5.74) is 2.06.